The van der Waals surface area contributed by atoms with Crippen LogP contribution < -0.4 is 5.32 Å². The van der Waals surface area contributed by atoms with Gasteiger partial charge in [-0.05, 0) is 25.0 Å². The third-order valence-electron chi connectivity index (χ3n) is 6.01. The summed E-state index contributed by atoms with van der Waals surface area (Å²) < 4.78 is 1.74. The fourth-order valence-electron chi connectivity index (χ4n) is 4.05. The van der Waals surface area contributed by atoms with E-state index in [1.54, 1.807) is 9.58 Å². The maximum Gasteiger partial charge on any atom is 0.245 e. The molecule has 0 radical (unpaired) electrons. The molecule has 3 rings (SSSR count). The molecule has 1 aromatic heterocycles. The van der Waals surface area contributed by atoms with Gasteiger partial charge in [0.15, 0.2) is 0 Å². The average molecular weight is 475 g/mol. The molecule has 0 fully saturated rings. The Morgan fingerprint density at radius 3 is 2.20 bits per heavy atom. The second-order valence-corrected chi connectivity index (χ2v) is 8.91. The van der Waals surface area contributed by atoms with Crippen LogP contribution in [0.3, 0.4) is 0 Å². The van der Waals surface area contributed by atoms with Crippen molar-refractivity contribution < 1.29 is 9.59 Å². The third-order valence-corrected chi connectivity index (χ3v) is 6.01. The van der Waals surface area contributed by atoms with Gasteiger partial charge in [-0.2, -0.15) is 5.10 Å². The number of hydrogen-bond donors (Lipinski definition) is 1. The minimum absolute atomic E-state index is 0.0525. The van der Waals surface area contributed by atoms with Crippen molar-refractivity contribution in [1.82, 2.24) is 14.7 Å². The lowest BCUT2D eigenvalue weighted by Crippen LogP contribution is -2.38. The molecule has 186 valence electrons. The fraction of sp³-hybridized carbons (Fsp3) is 0.414. The molecule has 0 bridgehead atoms. The van der Waals surface area contributed by atoms with Crippen molar-refractivity contribution in [2.75, 3.05) is 18.4 Å². The standard InChI is InChI=1S/C29H38N4O2/c1-3-5-7-14-20-29(35)32(21-15-6-4-2)23-28(34)30-27-22-26(24-16-10-8-11-17-24)31-33(27)25-18-12-9-13-19-25/h8-13,16-19,22H,3-7,14-15,20-21,23H2,1-2H3,(H,30,34). The van der Waals surface area contributed by atoms with Gasteiger partial charge in [0.25, 0.3) is 0 Å². The third kappa shape index (κ3) is 8.09. The summed E-state index contributed by atoms with van der Waals surface area (Å²) in [4.78, 5) is 27.7. The van der Waals surface area contributed by atoms with Gasteiger partial charge in [0.05, 0.1) is 17.9 Å². The van der Waals surface area contributed by atoms with E-state index in [1.165, 1.54) is 0 Å². The van der Waals surface area contributed by atoms with Crippen LogP contribution >= 0.6 is 0 Å². The molecule has 1 heterocycles. The second-order valence-electron chi connectivity index (χ2n) is 8.91. The van der Waals surface area contributed by atoms with Gasteiger partial charge in [0.1, 0.15) is 5.82 Å². The largest absolute Gasteiger partial charge is 0.333 e. The van der Waals surface area contributed by atoms with Crippen LogP contribution in [0.1, 0.15) is 65.2 Å². The zero-order valence-corrected chi connectivity index (χ0v) is 21.1. The molecule has 35 heavy (non-hydrogen) atoms. The first-order valence-corrected chi connectivity index (χ1v) is 12.9. The van der Waals surface area contributed by atoms with Crippen LogP contribution in [0.5, 0.6) is 0 Å². The summed E-state index contributed by atoms with van der Waals surface area (Å²) in [5.74, 6) is 0.443. The van der Waals surface area contributed by atoms with Crippen molar-refractivity contribution >= 4 is 17.6 Å². The van der Waals surface area contributed by atoms with Crippen molar-refractivity contribution in [3.05, 3.63) is 66.7 Å². The van der Waals surface area contributed by atoms with Crippen LogP contribution in [0, 0.1) is 0 Å². The molecular weight excluding hydrogens is 436 g/mol. The van der Waals surface area contributed by atoms with Gasteiger partial charge in [-0.1, -0.05) is 94.5 Å². The van der Waals surface area contributed by atoms with E-state index in [9.17, 15) is 9.59 Å². The number of aromatic nitrogens is 2. The van der Waals surface area contributed by atoms with Crippen molar-refractivity contribution in [2.45, 2.75) is 65.2 Å². The molecule has 0 atom stereocenters. The van der Waals surface area contributed by atoms with Gasteiger partial charge in [-0.25, -0.2) is 4.68 Å². The number of nitrogens with one attached hydrogen (secondary N) is 1. The van der Waals surface area contributed by atoms with Gasteiger partial charge in [0.2, 0.25) is 11.8 Å². The summed E-state index contributed by atoms with van der Waals surface area (Å²) in [7, 11) is 0. The maximum atomic E-state index is 13.1. The lowest BCUT2D eigenvalue weighted by molar-refractivity contribution is -0.134. The summed E-state index contributed by atoms with van der Waals surface area (Å²) in [5.41, 5.74) is 2.61. The number of rotatable bonds is 14. The van der Waals surface area contributed by atoms with E-state index in [0.717, 1.165) is 61.9 Å². The first-order chi connectivity index (χ1) is 17.1. The zero-order valence-electron chi connectivity index (χ0n) is 21.1. The normalized spacial score (nSPS) is 10.8. The highest BCUT2D eigenvalue weighted by Gasteiger charge is 2.19. The van der Waals surface area contributed by atoms with Crippen molar-refractivity contribution in [1.29, 1.82) is 0 Å². The second kappa shape index (κ2) is 14.1. The van der Waals surface area contributed by atoms with E-state index in [0.29, 0.717) is 18.8 Å². The van der Waals surface area contributed by atoms with Gasteiger partial charge >= 0.3 is 0 Å². The topological polar surface area (TPSA) is 67.2 Å². The summed E-state index contributed by atoms with van der Waals surface area (Å²) in [6, 6.07) is 21.5. The molecule has 3 aromatic rings. The van der Waals surface area contributed by atoms with E-state index in [-0.39, 0.29) is 18.4 Å². The van der Waals surface area contributed by atoms with Crippen molar-refractivity contribution in [3.8, 4) is 16.9 Å². The molecule has 6 heteroatoms. The molecule has 0 spiro atoms. The minimum atomic E-state index is -0.208. The monoisotopic (exact) mass is 474 g/mol. The Bertz CT molecular complexity index is 1050. The Labute approximate surface area is 209 Å². The molecule has 0 saturated carbocycles. The Balaban J connectivity index is 1.75. The number of amides is 2. The Kier molecular flexibility index (Phi) is 10.6. The van der Waals surface area contributed by atoms with Gasteiger partial charge < -0.3 is 10.2 Å². The predicted molar refractivity (Wildman–Crippen MR) is 142 cm³/mol. The Hall–Kier alpha value is -3.41. The lowest BCUT2D eigenvalue weighted by atomic mass is 10.1. The first kappa shape index (κ1) is 26.2. The number of hydrogen-bond acceptors (Lipinski definition) is 3. The van der Waals surface area contributed by atoms with Crippen LogP contribution in [0.4, 0.5) is 5.82 Å². The molecule has 0 aliphatic rings. The van der Waals surface area contributed by atoms with Crippen molar-refractivity contribution in [3.63, 3.8) is 0 Å². The lowest BCUT2D eigenvalue weighted by Gasteiger charge is -2.22. The van der Waals surface area contributed by atoms with E-state index in [2.05, 4.69) is 19.2 Å². The number of anilines is 1. The molecular formula is C29H38N4O2. The Morgan fingerprint density at radius 2 is 1.51 bits per heavy atom. The van der Waals surface area contributed by atoms with Gasteiger partial charge in [0, 0.05) is 24.6 Å². The van der Waals surface area contributed by atoms with Crippen LogP contribution in [0.15, 0.2) is 66.7 Å². The summed E-state index contributed by atoms with van der Waals surface area (Å²) >= 11 is 0. The van der Waals surface area contributed by atoms with Crippen LogP contribution in [0.25, 0.3) is 16.9 Å². The van der Waals surface area contributed by atoms with Gasteiger partial charge in [-0.3, -0.25) is 9.59 Å². The number of benzene rings is 2. The SMILES string of the molecule is CCCCCCC(=O)N(CCCCC)CC(=O)Nc1cc(-c2ccccc2)nn1-c1ccccc1. The molecule has 0 saturated heterocycles. The molecule has 0 aliphatic heterocycles. The molecule has 0 unspecified atom stereocenters. The van der Waals surface area contributed by atoms with E-state index < -0.39 is 0 Å². The first-order valence-electron chi connectivity index (χ1n) is 12.9. The quantitative estimate of drug-likeness (QED) is 0.272. The fourth-order valence-corrected chi connectivity index (χ4v) is 4.05. The maximum absolute atomic E-state index is 13.1. The highest BCUT2D eigenvalue weighted by molar-refractivity contribution is 5.94. The highest BCUT2D eigenvalue weighted by Crippen LogP contribution is 2.24. The number of unbranched alkanes of at least 4 members (excludes halogenated alkanes) is 5. The molecule has 6 nitrogen and oxygen atoms in total. The summed E-state index contributed by atoms with van der Waals surface area (Å²) in [5, 5.41) is 7.78. The highest BCUT2D eigenvalue weighted by atomic mass is 16.2. The summed E-state index contributed by atoms with van der Waals surface area (Å²) in [6.07, 6.45) is 7.72. The van der Waals surface area contributed by atoms with Gasteiger partial charge in [-0.15, -0.1) is 0 Å². The molecule has 2 aromatic carbocycles. The minimum Gasteiger partial charge on any atom is -0.333 e. The van der Waals surface area contributed by atoms with Crippen LogP contribution in [-0.2, 0) is 9.59 Å². The van der Waals surface area contributed by atoms with Crippen LogP contribution in [-0.4, -0.2) is 39.6 Å². The Morgan fingerprint density at radius 1 is 0.857 bits per heavy atom. The summed E-state index contributed by atoms with van der Waals surface area (Å²) in [6.45, 7) is 4.96. The van der Waals surface area contributed by atoms with E-state index in [4.69, 9.17) is 5.10 Å². The molecule has 2 amide bonds. The number of carbonyl (C=O) groups is 2. The number of para-hydroxylation sites is 1. The van der Waals surface area contributed by atoms with Crippen LogP contribution in [0.2, 0.25) is 0 Å². The molecule has 1 N–H and O–H groups in total. The average Bonchev–Trinajstić information content (AvgIpc) is 3.30. The molecule has 0 aliphatic carbocycles. The predicted octanol–water partition coefficient (Wildman–Crippen LogP) is 6.47. The van der Waals surface area contributed by atoms with Crippen molar-refractivity contribution in [2.24, 2.45) is 0 Å². The smallest absolute Gasteiger partial charge is 0.245 e. The van der Waals surface area contributed by atoms with E-state index >= 15 is 0 Å². The number of carbonyl (C=O) groups excluding carboxylic acids is 2. The van der Waals surface area contributed by atoms with E-state index in [1.807, 2.05) is 66.7 Å². The number of nitrogens with zero attached hydrogens (tertiary/aromatic N) is 3. The zero-order chi connectivity index (χ0) is 24.9.